The highest BCUT2D eigenvalue weighted by atomic mass is 16.5. The summed E-state index contributed by atoms with van der Waals surface area (Å²) in [7, 11) is 1.76. The number of nitrogens with two attached hydrogens (primary N) is 1. The molecule has 0 aromatic rings. The number of hydrogen-bond acceptors (Lipinski definition) is 3. The van der Waals surface area contributed by atoms with Crippen LogP contribution in [0.15, 0.2) is 0 Å². The first-order valence-corrected chi connectivity index (χ1v) is 6.18. The van der Waals surface area contributed by atoms with Gasteiger partial charge in [0.2, 0.25) is 5.91 Å². The first-order chi connectivity index (χ1) is 7.72. The van der Waals surface area contributed by atoms with Crippen molar-refractivity contribution < 1.29 is 9.53 Å². The molecule has 0 aromatic carbocycles. The average molecular weight is 226 g/mol. The van der Waals surface area contributed by atoms with E-state index < -0.39 is 0 Å². The van der Waals surface area contributed by atoms with Crippen molar-refractivity contribution in [3.8, 4) is 0 Å². The Labute approximate surface area is 97.1 Å². The summed E-state index contributed by atoms with van der Waals surface area (Å²) in [4.78, 5) is 13.8. The summed E-state index contributed by atoms with van der Waals surface area (Å²) in [6, 6.07) is 0. The normalized spacial score (nSPS) is 33.1. The zero-order chi connectivity index (χ0) is 11.6. The number of amides is 1. The van der Waals surface area contributed by atoms with Gasteiger partial charge in [0, 0.05) is 38.6 Å². The minimum Gasteiger partial charge on any atom is -0.384 e. The van der Waals surface area contributed by atoms with Gasteiger partial charge in [-0.05, 0) is 18.8 Å². The number of fused-ring (bicyclic) bond motifs is 1. The van der Waals surface area contributed by atoms with Crippen molar-refractivity contribution in [2.75, 3.05) is 33.4 Å². The molecule has 2 unspecified atom stereocenters. The summed E-state index contributed by atoms with van der Waals surface area (Å²) in [5.41, 5.74) is 5.68. The second kappa shape index (κ2) is 4.72. The van der Waals surface area contributed by atoms with E-state index in [2.05, 4.69) is 0 Å². The summed E-state index contributed by atoms with van der Waals surface area (Å²) < 4.78 is 5.36. The number of hydrogen-bond donors (Lipinski definition) is 1. The molecule has 1 heterocycles. The Morgan fingerprint density at radius 1 is 1.62 bits per heavy atom. The predicted octanol–water partition coefficient (Wildman–Crippen LogP) is 0.610. The smallest absolute Gasteiger partial charge is 0.223 e. The van der Waals surface area contributed by atoms with Gasteiger partial charge in [-0.25, -0.2) is 0 Å². The molecule has 4 nitrogen and oxygen atoms in total. The van der Waals surface area contributed by atoms with Crippen LogP contribution in [0.25, 0.3) is 0 Å². The van der Waals surface area contributed by atoms with Gasteiger partial charge in [-0.15, -0.1) is 0 Å². The molecule has 2 fully saturated rings. The van der Waals surface area contributed by atoms with E-state index >= 15 is 0 Å². The van der Waals surface area contributed by atoms with Crippen molar-refractivity contribution in [3.05, 3.63) is 0 Å². The van der Waals surface area contributed by atoms with E-state index in [4.69, 9.17) is 10.5 Å². The van der Waals surface area contributed by atoms with Crippen molar-refractivity contribution in [1.29, 1.82) is 0 Å². The fourth-order valence-corrected chi connectivity index (χ4v) is 3.41. The molecule has 92 valence electrons. The molecule has 2 rings (SSSR count). The standard InChI is InChI=1S/C12H22N2O2/c1-16-9-12-5-2-3-10(12)7-14(8-12)11(15)4-6-13/h10H,2-9,13H2,1H3. The molecule has 4 heteroatoms. The van der Waals surface area contributed by atoms with Gasteiger partial charge in [0.15, 0.2) is 0 Å². The van der Waals surface area contributed by atoms with Crippen LogP contribution < -0.4 is 5.73 Å². The van der Waals surface area contributed by atoms with E-state index in [9.17, 15) is 4.79 Å². The number of rotatable bonds is 4. The second-order valence-electron chi connectivity index (χ2n) is 5.20. The van der Waals surface area contributed by atoms with E-state index in [0.29, 0.717) is 18.9 Å². The highest BCUT2D eigenvalue weighted by molar-refractivity contribution is 5.76. The molecular formula is C12H22N2O2. The number of carbonyl (C=O) groups excluding carboxylic acids is 1. The van der Waals surface area contributed by atoms with Crippen LogP contribution in [-0.2, 0) is 9.53 Å². The lowest BCUT2D eigenvalue weighted by Gasteiger charge is -2.27. The third kappa shape index (κ3) is 1.96. The molecule has 2 N–H and O–H groups in total. The van der Waals surface area contributed by atoms with Crippen molar-refractivity contribution in [2.45, 2.75) is 25.7 Å². The Morgan fingerprint density at radius 2 is 2.44 bits per heavy atom. The lowest BCUT2D eigenvalue weighted by molar-refractivity contribution is -0.130. The molecule has 1 saturated carbocycles. The molecular weight excluding hydrogens is 204 g/mol. The first-order valence-electron chi connectivity index (χ1n) is 6.18. The van der Waals surface area contributed by atoms with Gasteiger partial charge in [-0.3, -0.25) is 4.79 Å². The molecule has 1 amide bonds. The number of methoxy groups -OCH3 is 1. The molecule has 0 aromatic heterocycles. The molecule has 0 bridgehead atoms. The number of ether oxygens (including phenoxy) is 1. The maximum Gasteiger partial charge on any atom is 0.223 e. The molecule has 1 aliphatic carbocycles. The number of carbonyl (C=O) groups is 1. The Morgan fingerprint density at radius 3 is 3.12 bits per heavy atom. The highest BCUT2D eigenvalue weighted by Crippen LogP contribution is 2.48. The number of likely N-dealkylation sites (tertiary alicyclic amines) is 1. The van der Waals surface area contributed by atoms with E-state index in [1.807, 2.05) is 4.90 Å². The minimum atomic E-state index is 0.215. The van der Waals surface area contributed by atoms with Crippen LogP contribution in [-0.4, -0.2) is 44.2 Å². The lowest BCUT2D eigenvalue weighted by atomic mass is 9.82. The Hall–Kier alpha value is -0.610. The summed E-state index contributed by atoms with van der Waals surface area (Å²) in [6.07, 6.45) is 4.22. The van der Waals surface area contributed by atoms with E-state index in [1.54, 1.807) is 7.11 Å². The number of nitrogens with zero attached hydrogens (tertiary/aromatic N) is 1. The van der Waals surface area contributed by atoms with Crippen LogP contribution in [0.4, 0.5) is 0 Å². The molecule has 2 aliphatic rings. The average Bonchev–Trinajstić information content (AvgIpc) is 2.74. The lowest BCUT2D eigenvalue weighted by Crippen LogP contribution is -2.35. The van der Waals surface area contributed by atoms with Gasteiger partial charge in [0.25, 0.3) is 0 Å². The maximum atomic E-state index is 11.8. The summed E-state index contributed by atoms with van der Waals surface area (Å²) in [5.74, 6) is 0.863. The van der Waals surface area contributed by atoms with Crippen LogP contribution >= 0.6 is 0 Å². The van der Waals surface area contributed by atoms with Gasteiger partial charge >= 0.3 is 0 Å². The zero-order valence-electron chi connectivity index (χ0n) is 10.1. The van der Waals surface area contributed by atoms with Crippen molar-refractivity contribution in [2.24, 2.45) is 17.1 Å². The van der Waals surface area contributed by atoms with Crippen molar-refractivity contribution >= 4 is 5.91 Å². The van der Waals surface area contributed by atoms with Gasteiger partial charge in [-0.1, -0.05) is 6.42 Å². The van der Waals surface area contributed by atoms with Crippen LogP contribution in [0, 0.1) is 11.3 Å². The topological polar surface area (TPSA) is 55.6 Å². The quantitative estimate of drug-likeness (QED) is 0.764. The third-order valence-electron chi connectivity index (χ3n) is 4.18. The Kier molecular flexibility index (Phi) is 3.50. The largest absolute Gasteiger partial charge is 0.384 e. The fourth-order valence-electron chi connectivity index (χ4n) is 3.41. The van der Waals surface area contributed by atoms with E-state index in [-0.39, 0.29) is 11.3 Å². The molecule has 1 aliphatic heterocycles. The van der Waals surface area contributed by atoms with Crippen LogP contribution in [0.3, 0.4) is 0 Å². The molecule has 16 heavy (non-hydrogen) atoms. The SMILES string of the molecule is COCC12CCCC1CN(C(=O)CCN)C2. The Balaban J connectivity index is 2.01. The monoisotopic (exact) mass is 226 g/mol. The first kappa shape index (κ1) is 11.9. The van der Waals surface area contributed by atoms with Gasteiger partial charge < -0.3 is 15.4 Å². The van der Waals surface area contributed by atoms with Gasteiger partial charge in [0.1, 0.15) is 0 Å². The second-order valence-corrected chi connectivity index (χ2v) is 5.20. The van der Waals surface area contributed by atoms with Gasteiger partial charge in [-0.2, -0.15) is 0 Å². The van der Waals surface area contributed by atoms with Crippen molar-refractivity contribution in [3.63, 3.8) is 0 Å². The molecule has 0 spiro atoms. The molecule has 2 atom stereocenters. The van der Waals surface area contributed by atoms with Crippen LogP contribution in [0.5, 0.6) is 0 Å². The minimum absolute atomic E-state index is 0.215. The van der Waals surface area contributed by atoms with E-state index in [0.717, 1.165) is 19.7 Å². The summed E-state index contributed by atoms with van der Waals surface area (Å²) in [6.45, 7) is 3.05. The van der Waals surface area contributed by atoms with Crippen LogP contribution in [0.1, 0.15) is 25.7 Å². The van der Waals surface area contributed by atoms with Crippen LogP contribution in [0.2, 0.25) is 0 Å². The van der Waals surface area contributed by atoms with Crippen molar-refractivity contribution in [1.82, 2.24) is 4.90 Å². The molecule has 0 radical (unpaired) electrons. The predicted molar refractivity (Wildman–Crippen MR) is 61.9 cm³/mol. The zero-order valence-corrected chi connectivity index (χ0v) is 10.1. The Bertz CT molecular complexity index is 270. The third-order valence-corrected chi connectivity index (χ3v) is 4.18. The highest BCUT2D eigenvalue weighted by Gasteiger charge is 2.50. The molecule has 1 saturated heterocycles. The fraction of sp³-hybridized carbons (Fsp3) is 0.917. The summed E-state index contributed by atoms with van der Waals surface area (Å²) >= 11 is 0. The maximum absolute atomic E-state index is 11.8. The van der Waals surface area contributed by atoms with E-state index in [1.165, 1.54) is 19.3 Å². The van der Waals surface area contributed by atoms with Gasteiger partial charge in [0.05, 0.1) is 6.61 Å². The summed E-state index contributed by atoms with van der Waals surface area (Å²) in [5, 5.41) is 0.